The molecule has 0 saturated carbocycles. The first-order valence-corrected chi connectivity index (χ1v) is 8.51. The van der Waals surface area contributed by atoms with Crippen molar-refractivity contribution in [3.05, 3.63) is 16.1 Å². The van der Waals surface area contributed by atoms with E-state index in [-0.39, 0.29) is 6.04 Å². The number of hydrogen-bond donors (Lipinski definition) is 1. The Labute approximate surface area is 107 Å². The normalized spacial score (nSPS) is 15.8. The summed E-state index contributed by atoms with van der Waals surface area (Å²) in [4.78, 5) is 5.30. The monoisotopic (exact) mass is 276 g/mol. The van der Waals surface area contributed by atoms with Gasteiger partial charge in [-0.05, 0) is 26.8 Å². The topological polar surface area (TPSA) is 59.1 Å². The van der Waals surface area contributed by atoms with E-state index in [9.17, 15) is 8.42 Å². The highest BCUT2D eigenvalue weighted by Crippen LogP contribution is 2.28. The molecule has 17 heavy (non-hydrogen) atoms. The Morgan fingerprint density at radius 1 is 1.47 bits per heavy atom. The molecule has 0 aliphatic heterocycles. The summed E-state index contributed by atoms with van der Waals surface area (Å²) < 4.78 is 22.9. The average molecular weight is 276 g/mol. The fraction of sp³-hybridized carbons (Fsp3) is 0.727. The molecule has 0 amide bonds. The third-order valence-corrected chi connectivity index (χ3v) is 5.68. The maximum Gasteiger partial charge on any atom is 0.156 e. The zero-order chi connectivity index (χ0) is 13.1. The lowest BCUT2D eigenvalue weighted by atomic mass is 10.3. The maximum absolute atomic E-state index is 11.4. The molecule has 0 aromatic carbocycles. The molecule has 98 valence electrons. The van der Waals surface area contributed by atoms with Crippen LogP contribution in [0.1, 0.15) is 48.4 Å². The minimum absolute atomic E-state index is 0.230. The second kappa shape index (κ2) is 5.93. The predicted molar refractivity (Wildman–Crippen MR) is 72.1 cm³/mol. The van der Waals surface area contributed by atoms with Gasteiger partial charge in [0, 0.05) is 23.4 Å². The smallest absolute Gasteiger partial charge is 0.156 e. The minimum atomic E-state index is -3.06. The van der Waals surface area contributed by atoms with E-state index in [1.165, 1.54) is 17.6 Å². The Morgan fingerprint density at radius 3 is 2.65 bits per heavy atom. The molecule has 0 saturated heterocycles. The first kappa shape index (κ1) is 14.6. The molecule has 4 nitrogen and oxygen atoms in total. The molecule has 1 aromatic rings. The van der Waals surface area contributed by atoms with E-state index in [4.69, 9.17) is 0 Å². The molecular weight excluding hydrogens is 256 g/mol. The van der Waals surface area contributed by atoms with Gasteiger partial charge in [0.15, 0.2) is 9.84 Å². The Hall–Kier alpha value is -0.460. The number of thiazole rings is 1. The predicted octanol–water partition coefficient (Wildman–Crippen LogP) is 2.31. The van der Waals surface area contributed by atoms with Crippen LogP contribution in [0.3, 0.4) is 0 Å². The quantitative estimate of drug-likeness (QED) is 0.866. The molecule has 0 aliphatic carbocycles. The van der Waals surface area contributed by atoms with Gasteiger partial charge in [0.05, 0.1) is 0 Å². The first-order valence-electron chi connectivity index (χ1n) is 5.74. The molecule has 1 rings (SSSR count). The lowest BCUT2D eigenvalue weighted by molar-refractivity contribution is 0.577. The Bertz CT molecular complexity index is 454. The number of nitrogens with one attached hydrogen (secondary N) is 1. The molecule has 0 radical (unpaired) electrons. The average Bonchev–Trinajstić information content (AvgIpc) is 2.72. The van der Waals surface area contributed by atoms with Crippen LogP contribution in [0, 0.1) is 0 Å². The molecule has 0 fully saturated rings. The van der Waals surface area contributed by atoms with Crippen LogP contribution in [0.2, 0.25) is 0 Å². The molecule has 0 aliphatic rings. The van der Waals surface area contributed by atoms with Crippen molar-refractivity contribution in [2.24, 2.45) is 0 Å². The van der Waals surface area contributed by atoms with Crippen LogP contribution in [0.15, 0.2) is 6.20 Å². The van der Waals surface area contributed by atoms with Gasteiger partial charge in [-0.2, -0.15) is 0 Å². The third kappa shape index (κ3) is 4.04. The second-order valence-corrected chi connectivity index (χ2v) is 7.71. The van der Waals surface area contributed by atoms with Gasteiger partial charge in [-0.25, -0.2) is 13.4 Å². The van der Waals surface area contributed by atoms with Crippen molar-refractivity contribution < 1.29 is 8.42 Å². The standard InChI is InChI=1S/C11H20N2O2S2/c1-5-6-12-8(2)10-7-13-11(16-10)9(3)17(4,14)15/h7-9,12H,5-6H2,1-4H3. The molecule has 6 heteroatoms. The van der Waals surface area contributed by atoms with Gasteiger partial charge >= 0.3 is 0 Å². The molecule has 2 unspecified atom stereocenters. The third-order valence-electron chi connectivity index (χ3n) is 2.66. The molecule has 1 heterocycles. The van der Waals surface area contributed by atoms with Crippen molar-refractivity contribution in [2.45, 2.75) is 38.5 Å². The lowest BCUT2D eigenvalue weighted by Gasteiger charge is -2.10. The van der Waals surface area contributed by atoms with Crippen LogP contribution in [0.4, 0.5) is 0 Å². The summed E-state index contributed by atoms with van der Waals surface area (Å²) in [6.45, 7) is 6.82. The van der Waals surface area contributed by atoms with Gasteiger partial charge in [0.2, 0.25) is 0 Å². The summed E-state index contributed by atoms with van der Waals surface area (Å²) >= 11 is 1.47. The molecule has 2 atom stereocenters. The van der Waals surface area contributed by atoms with Crippen molar-refractivity contribution in [3.63, 3.8) is 0 Å². The largest absolute Gasteiger partial charge is 0.309 e. The van der Waals surface area contributed by atoms with Crippen molar-refractivity contribution >= 4 is 21.2 Å². The van der Waals surface area contributed by atoms with Crippen molar-refractivity contribution in [3.8, 4) is 0 Å². The van der Waals surface area contributed by atoms with Crippen LogP contribution in [-0.4, -0.2) is 26.2 Å². The SMILES string of the molecule is CCCNC(C)c1cnc(C(C)S(C)(=O)=O)s1. The minimum Gasteiger partial charge on any atom is -0.309 e. The van der Waals surface area contributed by atoms with Gasteiger partial charge < -0.3 is 5.32 Å². The number of aromatic nitrogens is 1. The highest BCUT2D eigenvalue weighted by Gasteiger charge is 2.21. The summed E-state index contributed by atoms with van der Waals surface area (Å²) in [5, 5.41) is 3.52. The van der Waals surface area contributed by atoms with E-state index in [1.54, 1.807) is 13.1 Å². The second-order valence-electron chi connectivity index (χ2n) is 4.25. The Kier molecular flexibility index (Phi) is 5.09. The summed E-state index contributed by atoms with van der Waals surface area (Å²) in [7, 11) is -3.06. The zero-order valence-corrected chi connectivity index (χ0v) is 12.4. The molecule has 0 spiro atoms. The zero-order valence-electron chi connectivity index (χ0n) is 10.7. The summed E-state index contributed by atoms with van der Waals surface area (Å²) in [6, 6.07) is 0.230. The van der Waals surface area contributed by atoms with E-state index in [1.807, 2.05) is 0 Å². The number of hydrogen-bond acceptors (Lipinski definition) is 5. The van der Waals surface area contributed by atoms with E-state index in [0.717, 1.165) is 17.8 Å². The van der Waals surface area contributed by atoms with Crippen LogP contribution >= 0.6 is 11.3 Å². The molecular formula is C11H20N2O2S2. The summed E-state index contributed by atoms with van der Waals surface area (Å²) in [5.41, 5.74) is 0. The highest BCUT2D eigenvalue weighted by atomic mass is 32.2. The van der Waals surface area contributed by atoms with E-state index >= 15 is 0 Å². The van der Waals surface area contributed by atoms with Crippen LogP contribution < -0.4 is 5.32 Å². The number of rotatable bonds is 6. The van der Waals surface area contributed by atoms with Gasteiger partial charge in [-0.1, -0.05) is 6.92 Å². The van der Waals surface area contributed by atoms with E-state index in [0.29, 0.717) is 5.01 Å². The summed E-state index contributed by atoms with van der Waals surface area (Å²) in [6.07, 6.45) is 4.10. The van der Waals surface area contributed by atoms with Crippen molar-refractivity contribution in [2.75, 3.05) is 12.8 Å². The van der Waals surface area contributed by atoms with Crippen LogP contribution in [-0.2, 0) is 9.84 Å². The van der Waals surface area contributed by atoms with Gasteiger partial charge in [0.1, 0.15) is 10.3 Å². The molecule has 1 N–H and O–H groups in total. The van der Waals surface area contributed by atoms with Gasteiger partial charge in [0.25, 0.3) is 0 Å². The van der Waals surface area contributed by atoms with Crippen molar-refractivity contribution in [1.82, 2.24) is 10.3 Å². The number of nitrogens with zero attached hydrogens (tertiary/aromatic N) is 1. The summed E-state index contributed by atoms with van der Waals surface area (Å²) in [5.74, 6) is 0. The first-order chi connectivity index (χ1) is 7.86. The lowest BCUT2D eigenvalue weighted by Crippen LogP contribution is -2.18. The highest BCUT2D eigenvalue weighted by molar-refractivity contribution is 7.91. The Morgan fingerprint density at radius 2 is 2.12 bits per heavy atom. The fourth-order valence-corrected chi connectivity index (χ4v) is 3.31. The van der Waals surface area contributed by atoms with Gasteiger partial charge in [-0.3, -0.25) is 0 Å². The molecule has 0 bridgehead atoms. The molecule has 1 aromatic heterocycles. The van der Waals surface area contributed by atoms with Crippen LogP contribution in [0.25, 0.3) is 0 Å². The van der Waals surface area contributed by atoms with E-state index in [2.05, 4.69) is 24.1 Å². The van der Waals surface area contributed by atoms with Crippen LogP contribution in [0.5, 0.6) is 0 Å². The van der Waals surface area contributed by atoms with Crippen molar-refractivity contribution in [1.29, 1.82) is 0 Å². The Balaban J connectivity index is 2.78. The fourth-order valence-electron chi connectivity index (χ4n) is 1.33. The maximum atomic E-state index is 11.4. The van der Waals surface area contributed by atoms with E-state index < -0.39 is 15.1 Å². The van der Waals surface area contributed by atoms with Gasteiger partial charge in [-0.15, -0.1) is 11.3 Å². The number of sulfone groups is 1.